The summed E-state index contributed by atoms with van der Waals surface area (Å²) < 4.78 is 11.0. The number of hydrogen-bond acceptors (Lipinski definition) is 5. The van der Waals surface area contributed by atoms with Gasteiger partial charge in [-0.15, -0.1) is 0 Å². The second-order valence-electron chi connectivity index (χ2n) is 8.34. The van der Waals surface area contributed by atoms with Crippen LogP contribution in [0.3, 0.4) is 0 Å². The lowest BCUT2D eigenvalue weighted by Crippen LogP contribution is -2.53. The Kier molecular flexibility index (Phi) is 8.32. The van der Waals surface area contributed by atoms with Crippen molar-refractivity contribution in [2.24, 2.45) is 0 Å². The molecule has 0 bridgehead atoms. The Balaban J connectivity index is 1.38. The second-order valence-corrected chi connectivity index (χ2v) is 8.34. The molecule has 2 aromatic rings. The highest BCUT2D eigenvalue weighted by Crippen LogP contribution is 2.19. The Bertz CT molecular complexity index is 813. The molecule has 1 N–H and O–H groups in total. The van der Waals surface area contributed by atoms with Gasteiger partial charge in [0.15, 0.2) is 0 Å². The molecule has 3 rings (SSSR count). The quantitative estimate of drug-likeness (QED) is 0.662. The highest BCUT2D eigenvalue weighted by atomic mass is 16.5. The van der Waals surface area contributed by atoms with Crippen molar-refractivity contribution in [2.75, 3.05) is 51.8 Å². The minimum atomic E-state index is -0.150. The van der Waals surface area contributed by atoms with Gasteiger partial charge in [-0.2, -0.15) is 0 Å². The highest BCUT2D eigenvalue weighted by molar-refractivity contribution is 5.94. The molecule has 0 radical (unpaired) electrons. The molecule has 1 heterocycles. The largest absolute Gasteiger partial charge is 0.497 e. The van der Waals surface area contributed by atoms with Crippen molar-refractivity contribution in [1.29, 1.82) is 0 Å². The molecule has 0 aliphatic carbocycles. The first-order valence-electron chi connectivity index (χ1n) is 11.1. The molecule has 0 saturated carbocycles. The van der Waals surface area contributed by atoms with E-state index in [1.807, 2.05) is 43.3 Å². The molecule has 1 unspecified atom stereocenters. The van der Waals surface area contributed by atoms with Crippen LogP contribution in [0.1, 0.15) is 32.3 Å². The van der Waals surface area contributed by atoms with Gasteiger partial charge in [-0.25, -0.2) is 0 Å². The van der Waals surface area contributed by atoms with Crippen molar-refractivity contribution in [1.82, 2.24) is 9.80 Å². The molecule has 1 fully saturated rings. The van der Waals surface area contributed by atoms with Crippen LogP contribution in [0.25, 0.3) is 0 Å². The van der Waals surface area contributed by atoms with Crippen LogP contribution in [-0.4, -0.2) is 68.2 Å². The molecule has 2 aromatic carbocycles. The summed E-state index contributed by atoms with van der Waals surface area (Å²) in [5.41, 5.74) is 2.13. The number of carbonyl (C=O) groups excluding carboxylic acids is 1. The maximum atomic E-state index is 12.7. The molecule has 1 saturated heterocycles. The first kappa shape index (κ1) is 23.1. The third kappa shape index (κ3) is 6.71. The van der Waals surface area contributed by atoms with Gasteiger partial charge >= 0.3 is 0 Å². The number of methoxy groups -OCH3 is 1. The van der Waals surface area contributed by atoms with E-state index in [0.717, 1.165) is 49.9 Å². The van der Waals surface area contributed by atoms with Crippen LogP contribution in [0, 0.1) is 0 Å². The van der Waals surface area contributed by atoms with E-state index in [9.17, 15) is 4.79 Å². The van der Waals surface area contributed by atoms with Crippen LogP contribution in [0.15, 0.2) is 48.5 Å². The molecule has 6 heteroatoms. The maximum absolute atomic E-state index is 12.7. The number of hydrogen-bond donors (Lipinski definition) is 1. The second kappa shape index (κ2) is 11.2. The lowest BCUT2D eigenvalue weighted by molar-refractivity contribution is -0.121. The minimum Gasteiger partial charge on any atom is -0.497 e. The number of piperazine rings is 1. The summed E-state index contributed by atoms with van der Waals surface area (Å²) in [6, 6.07) is 15.6. The molecule has 1 atom stereocenters. The van der Waals surface area contributed by atoms with E-state index >= 15 is 0 Å². The summed E-state index contributed by atoms with van der Waals surface area (Å²) >= 11 is 0. The van der Waals surface area contributed by atoms with E-state index in [-0.39, 0.29) is 11.9 Å². The van der Waals surface area contributed by atoms with Crippen molar-refractivity contribution in [3.05, 3.63) is 54.1 Å². The van der Waals surface area contributed by atoms with Gasteiger partial charge in [0.1, 0.15) is 18.1 Å². The van der Waals surface area contributed by atoms with Crippen LogP contribution < -0.4 is 14.8 Å². The number of nitrogens with zero attached hydrogens (tertiary/aromatic N) is 2. The summed E-state index contributed by atoms with van der Waals surface area (Å²) in [6.45, 7) is 11.5. The van der Waals surface area contributed by atoms with Crippen molar-refractivity contribution in [2.45, 2.75) is 32.7 Å². The molecule has 1 amide bonds. The normalized spacial score (nSPS) is 16.2. The zero-order valence-corrected chi connectivity index (χ0v) is 19.1. The smallest absolute Gasteiger partial charge is 0.241 e. The first-order chi connectivity index (χ1) is 15.0. The number of rotatable bonds is 9. The molecule has 0 spiro atoms. The molecule has 31 heavy (non-hydrogen) atoms. The fraction of sp³-hybridized carbons (Fsp3) is 0.480. The predicted octanol–water partition coefficient (Wildman–Crippen LogP) is 3.84. The first-order valence-corrected chi connectivity index (χ1v) is 11.1. The van der Waals surface area contributed by atoms with Gasteiger partial charge < -0.3 is 14.8 Å². The van der Waals surface area contributed by atoms with Crippen LogP contribution in [0.5, 0.6) is 11.5 Å². The Morgan fingerprint density at radius 1 is 0.935 bits per heavy atom. The van der Waals surface area contributed by atoms with E-state index in [1.165, 1.54) is 5.56 Å². The fourth-order valence-corrected chi connectivity index (χ4v) is 3.70. The van der Waals surface area contributed by atoms with E-state index in [1.54, 1.807) is 7.11 Å². The van der Waals surface area contributed by atoms with Gasteiger partial charge in [0.2, 0.25) is 5.91 Å². The number of benzene rings is 2. The van der Waals surface area contributed by atoms with Gasteiger partial charge in [-0.05, 0) is 54.8 Å². The van der Waals surface area contributed by atoms with Crippen molar-refractivity contribution >= 4 is 11.6 Å². The summed E-state index contributed by atoms with van der Waals surface area (Å²) in [7, 11) is 1.66. The van der Waals surface area contributed by atoms with Gasteiger partial charge in [0, 0.05) is 38.4 Å². The molecular formula is C25H35N3O3. The molecule has 1 aliphatic heterocycles. The zero-order chi connectivity index (χ0) is 22.2. The minimum absolute atomic E-state index is 0.0496. The molecule has 1 aliphatic rings. The summed E-state index contributed by atoms with van der Waals surface area (Å²) in [5, 5.41) is 3.05. The fourth-order valence-electron chi connectivity index (χ4n) is 3.70. The molecule has 168 valence electrons. The summed E-state index contributed by atoms with van der Waals surface area (Å²) in [5.74, 6) is 2.22. The average molecular weight is 426 g/mol. The van der Waals surface area contributed by atoms with Gasteiger partial charge in [0.05, 0.1) is 13.2 Å². The Morgan fingerprint density at radius 3 is 2.13 bits per heavy atom. The monoisotopic (exact) mass is 425 g/mol. The summed E-state index contributed by atoms with van der Waals surface area (Å²) in [6.07, 6.45) is 0. The Morgan fingerprint density at radius 2 is 1.55 bits per heavy atom. The van der Waals surface area contributed by atoms with Crippen LogP contribution in [0.2, 0.25) is 0 Å². The van der Waals surface area contributed by atoms with Gasteiger partial charge in [-0.1, -0.05) is 26.0 Å². The van der Waals surface area contributed by atoms with Crippen molar-refractivity contribution in [3.8, 4) is 11.5 Å². The number of anilines is 1. The zero-order valence-electron chi connectivity index (χ0n) is 19.1. The van der Waals surface area contributed by atoms with Crippen molar-refractivity contribution in [3.63, 3.8) is 0 Å². The van der Waals surface area contributed by atoms with Gasteiger partial charge in [0.25, 0.3) is 0 Å². The maximum Gasteiger partial charge on any atom is 0.241 e. The van der Waals surface area contributed by atoms with Crippen LogP contribution in [0.4, 0.5) is 5.69 Å². The Hall–Kier alpha value is -2.57. The summed E-state index contributed by atoms with van der Waals surface area (Å²) in [4.78, 5) is 17.3. The van der Waals surface area contributed by atoms with Crippen LogP contribution in [-0.2, 0) is 4.79 Å². The molecular weight excluding hydrogens is 390 g/mol. The Labute approximate surface area is 186 Å². The predicted molar refractivity (Wildman–Crippen MR) is 125 cm³/mol. The third-order valence-corrected chi connectivity index (χ3v) is 5.91. The number of nitrogens with one attached hydrogen (secondary N) is 1. The van der Waals surface area contributed by atoms with Crippen molar-refractivity contribution < 1.29 is 14.3 Å². The average Bonchev–Trinajstić information content (AvgIpc) is 2.80. The van der Waals surface area contributed by atoms with E-state index in [0.29, 0.717) is 12.5 Å². The SMILES string of the molecule is COc1ccc(OCCN2CCN(C(C)C(=O)Nc3ccc(C(C)C)cc3)CC2)cc1. The topological polar surface area (TPSA) is 54.0 Å². The van der Waals surface area contributed by atoms with Crippen LogP contribution >= 0.6 is 0 Å². The lowest BCUT2D eigenvalue weighted by atomic mass is 10.0. The number of carbonyl (C=O) groups is 1. The molecule has 0 aromatic heterocycles. The number of amides is 1. The number of ether oxygens (including phenoxy) is 2. The standard InChI is InChI=1S/C25H35N3O3/c1-19(2)21-5-7-22(8-6-21)26-25(29)20(3)28-15-13-27(14-16-28)17-18-31-24-11-9-23(30-4)10-12-24/h5-12,19-20H,13-18H2,1-4H3,(H,26,29). The third-order valence-electron chi connectivity index (χ3n) is 5.91. The van der Waals surface area contributed by atoms with E-state index < -0.39 is 0 Å². The lowest BCUT2D eigenvalue weighted by Gasteiger charge is -2.37. The van der Waals surface area contributed by atoms with Gasteiger partial charge in [-0.3, -0.25) is 14.6 Å². The van der Waals surface area contributed by atoms with E-state index in [2.05, 4.69) is 41.1 Å². The highest BCUT2D eigenvalue weighted by Gasteiger charge is 2.25. The molecule has 6 nitrogen and oxygen atoms in total. The van der Waals surface area contributed by atoms with E-state index in [4.69, 9.17) is 9.47 Å².